The van der Waals surface area contributed by atoms with Crippen LogP contribution in [0.5, 0.6) is 0 Å². The van der Waals surface area contributed by atoms with Crippen LogP contribution in [-0.2, 0) is 13.0 Å². The zero-order valence-corrected chi connectivity index (χ0v) is 15.2. The monoisotopic (exact) mass is 340 g/mol. The molecule has 0 unspecified atom stereocenters. The van der Waals surface area contributed by atoms with Gasteiger partial charge in [0.05, 0.1) is 24.0 Å². The van der Waals surface area contributed by atoms with Gasteiger partial charge in [-0.15, -0.1) is 0 Å². The molecule has 0 aliphatic carbocycles. The Morgan fingerprint density at radius 3 is 2.84 bits per heavy atom. The van der Waals surface area contributed by atoms with Crippen molar-refractivity contribution in [1.29, 1.82) is 0 Å². The molecule has 25 heavy (non-hydrogen) atoms. The molecular formula is C20H28N4O. The summed E-state index contributed by atoms with van der Waals surface area (Å²) in [5, 5.41) is 7.75. The molecule has 2 aromatic rings. The average Bonchev–Trinajstić information content (AvgIpc) is 3.05. The summed E-state index contributed by atoms with van der Waals surface area (Å²) in [5.41, 5.74) is 3.00. The second-order valence-electron chi connectivity index (χ2n) is 6.82. The van der Waals surface area contributed by atoms with E-state index in [1.54, 1.807) is 6.20 Å². The first kappa shape index (κ1) is 17.7. The lowest BCUT2D eigenvalue weighted by Crippen LogP contribution is -2.42. The van der Waals surface area contributed by atoms with Crippen LogP contribution in [-0.4, -0.2) is 47.3 Å². The molecule has 5 heteroatoms. The minimum absolute atomic E-state index is 0.136. The maximum Gasteiger partial charge on any atom is 0.257 e. The molecule has 1 aliphatic rings. The van der Waals surface area contributed by atoms with Crippen LogP contribution in [0.3, 0.4) is 0 Å². The first-order chi connectivity index (χ1) is 12.2. The first-order valence-corrected chi connectivity index (χ1v) is 9.25. The molecule has 2 heterocycles. The summed E-state index contributed by atoms with van der Waals surface area (Å²) in [6.07, 6.45) is 4.84. The van der Waals surface area contributed by atoms with E-state index in [-0.39, 0.29) is 5.91 Å². The maximum absolute atomic E-state index is 13.0. The summed E-state index contributed by atoms with van der Waals surface area (Å²) in [6, 6.07) is 10.3. The molecule has 1 atom stereocenters. The van der Waals surface area contributed by atoms with Gasteiger partial charge in [-0.1, -0.05) is 37.3 Å². The highest BCUT2D eigenvalue weighted by Crippen LogP contribution is 2.20. The van der Waals surface area contributed by atoms with Gasteiger partial charge in [0.25, 0.3) is 5.91 Å². The fraction of sp³-hybridized carbons (Fsp3) is 0.500. The first-order valence-electron chi connectivity index (χ1n) is 9.25. The van der Waals surface area contributed by atoms with Crippen LogP contribution in [0.15, 0.2) is 36.5 Å². The van der Waals surface area contributed by atoms with E-state index < -0.39 is 0 Å². The van der Waals surface area contributed by atoms with Crippen molar-refractivity contribution in [2.75, 3.05) is 26.7 Å². The van der Waals surface area contributed by atoms with E-state index >= 15 is 0 Å². The largest absolute Gasteiger partial charge is 0.338 e. The number of carbonyl (C=O) groups excluding carboxylic acids is 1. The molecule has 1 aromatic carbocycles. The van der Waals surface area contributed by atoms with Crippen LogP contribution in [0.25, 0.3) is 0 Å². The van der Waals surface area contributed by atoms with Crippen LogP contribution in [0.1, 0.15) is 41.4 Å². The number of nitrogens with one attached hydrogen (secondary N) is 1. The Morgan fingerprint density at radius 1 is 1.32 bits per heavy atom. The molecule has 0 bridgehead atoms. The van der Waals surface area contributed by atoms with E-state index in [0.717, 1.165) is 43.7 Å². The molecule has 1 fully saturated rings. The maximum atomic E-state index is 13.0. The van der Waals surface area contributed by atoms with E-state index in [9.17, 15) is 4.79 Å². The summed E-state index contributed by atoms with van der Waals surface area (Å²) in [6.45, 7) is 5.46. The smallest absolute Gasteiger partial charge is 0.257 e. The summed E-state index contributed by atoms with van der Waals surface area (Å²) in [5.74, 6) is 0.684. The summed E-state index contributed by atoms with van der Waals surface area (Å²) >= 11 is 0. The van der Waals surface area contributed by atoms with Crippen LogP contribution in [0.2, 0.25) is 0 Å². The number of carbonyl (C=O) groups is 1. The number of hydrogen-bond donors (Lipinski definition) is 1. The van der Waals surface area contributed by atoms with Crippen molar-refractivity contribution in [3.63, 3.8) is 0 Å². The minimum atomic E-state index is 0.136. The van der Waals surface area contributed by atoms with E-state index in [0.29, 0.717) is 12.5 Å². The van der Waals surface area contributed by atoms with Crippen LogP contribution in [0, 0.1) is 5.92 Å². The third kappa shape index (κ3) is 4.10. The van der Waals surface area contributed by atoms with E-state index in [2.05, 4.69) is 29.5 Å². The van der Waals surface area contributed by atoms with Gasteiger partial charge in [0.1, 0.15) is 0 Å². The highest BCUT2D eigenvalue weighted by molar-refractivity contribution is 5.95. The topological polar surface area (TPSA) is 50.2 Å². The van der Waals surface area contributed by atoms with Crippen molar-refractivity contribution in [2.45, 2.75) is 32.7 Å². The molecule has 5 nitrogen and oxygen atoms in total. The van der Waals surface area contributed by atoms with E-state index in [1.165, 1.54) is 12.0 Å². The fourth-order valence-electron chi connectivity index (χ4n) is 3.73. The van der Waals surface area contributed by atoms with Crippen molar-refractivity contribution in [3.8, 4) is 0 Å². The van der Waals surface area contributed by atoms with Gasteiger partial charge < -0.3 is 10.2 Å². The SMILES string of the molecule is CCc1c(C(=O)N2CCC[C@@H](CNC)C2)cnn1Cc1ccccc1. The van der Waals surface area contributed by atoms with Gasteiger partial charge in [-0.3, -0.25) is 9.48 Å². The number of hydrogen-bond acceptors (Lipinski definition) is 3. The van der Waals surface area contributed by atoms with Crippen LogP contribution < -0.4 is 5.32 Å². The van der Waals surface area contributed by atoms with Crippen molar-refractivity contribution in [2.24, 2.45) is 5.92 Å². The van der Waals surface area contributed by atoms with E-state index in [1.807, 2.05) is 34.8 Å². The summed E-state index contributed by atoms with van der Waals surface area (Å²) in [7, 11) is 1.98. The second-order valence-corrected chi connectivity index (χ2v) is 6.82. The Bertz CT molecular complexity index is 693. The molecule has 0 spiro atoms. The standard InChI is InChI=1S/C20H28N4O/c1-3-19-18(13-22-24(19)15-16-8-5-4-6-9-16)20(25)23-11-7-10-17(14-23)12-21-2/h4-6,8-9,13,17,21H,3,7,10-12,14-15H2,1-2H3/t17-/m0/s1. The van der Waals surface area contributed by atoms with Gasteiger partial charge >= 0.3 is 0 Å². The third-order valence-electron chi connectivity index (χ3n) is 4.99. The molecular weight excluding hydrogens is 312 g/mol. The number of nitrogens with zero attached hydrogens (tertiary/aromatic N) is 3. The molecule has 0 radical (unpaired) electrons. The van der Waals surface area contributed by atoms with Gasteiger partial charge in [0, 0.05) is 13.1 Å². The lowest BCUT2D eigenvalue weighted by molar-refractivity contribution is 0.0673. The zero-order valence-electron chi connectivity index (χ0n) is 15.2. The number of rotatable bonds is 6. The highest BCUT2D eigenvalue weighted by Gasteiger charge is 2.27. The Kier molecular flexibility index (Phi) is 5.87. The Balaban J connectivity index is 1.76. The molecule has 1 amide bonds. The van der Waals surface area contributed by atoms with Gasteiger partial charge in [0.15, 0.2) is 0 Å². The van der Waals surface area contributed by atoms with Gasteiger partial charge in [-0.05, 0) is 44.3 Å². The second kappa shape index (κ2) is 8.30. The number of piperidine rings is 1. The average molecular weight is 340 g/mol. The molecule has 1 aliphatic heterocycles. The fourth-order valence-corrected chi connectivity index (χ4v) is 3.73. The Hall–Kier alpha value is -2.14. The van der Waals surface area contributed by atoms with Gasteiger partial charge in [0.2, 0.25) is 0 Å². The predicted molar refractivity (Wildman–Crippen MR) is 99.7 cm³/mol. The lowest BCUT2D eigenvalue weighted by atomic mass is 9.97. The molecule has 1 saturated heterocycles. The number of aromatic nitrogens is 2. The van der Waals surface area contributed by atoms with Crippen molar-refractivity contribution < 1.29 is 4.79 Å². The van der Waals surface area contributed by atoms with Gasteiger partial charge in [-0.2, -0.15) is 5.10 Å². The van der Waals surface area contributed by atoms with Crippen LogP contribution in [0.4, 0.5) is 0 Å². The summed E-state index contributed by atoms with van der Waals surface area (Å²) < 4.78 is 1.97. The molecule has 1 aromatic heterocycles. The van der Waals surface area contributed by atoms with E-state index in [4.69, 9.17) is 0 Å². The number of likely N-dealkylation sites (tertiary alicyclic amines) is 1. The summed E-state index contributed by atoms with van der Waals surface area (Å²) in [4.78, 5) is 15.1. The Morgan fingerprint density at radius 2 is 2.12 bits per heavy atom. The molecule has 1 N–H and O–H groups in total. The Labute approximate surface area is 150 Å². The third-order valence-corrected chi connectivity index (χ3v) is 4.99. The van der Waals surface area contributed by atoms with Crippen molar-refractivity contribution in [1.82, 2.24) is 20.0 Å². The van der Waals surface area contributed by atoms with Crippen LogP contribution >= 0.6 is 0 Å². The molecule has 134 valence electrons. The minimum Gasteiger partial charge on any atom is -0.338 e. The quantitative estimate of drug-likeness (QED) is 0.879. The van der Waals surface area contributed by atoms with Crippen molar-refractivity contribution in [3.05, 3.63) is 53.3 Å². The zero-order chi connectivity index (χ0) is 17.6. The van der Waals surface area contributed by atoms with Gasteiger partial charge in [-0.25, -0.2) is 0 Å². The number of benzene rings is 1. The predicted octanol–water partition coefficient (Wildman–Crippen LogP) is 2.57. The number of amides is 1. The molecule has 0 saturated carbocycles. The molecule has 3 rings (SSSR count). The van der Waals surface area contributed by atoms with Crippen molar-refractivity contribution >= 4 is 5.91 Å². The highest BCUT2D eigenvalue weighted by atomic mass is 16.2. The normalized spacial score (nSPS) is 17.7. The lowest BCUT2D eigenvalue weighted by Gasteiger charge is -2.32.